The molecule has 2 aliphatic rings. The van der Waals surface area contributed by atoms with Crippen LogP contribution < -0.4 is 5.32 Å². The number of nitrogens with one attached hydrogen (secondary N) is 1. The maximum atomic E-state index is 12.8. The van der Waals surface area contributed by atoms with Gasteiger partial charge in [-0.3, -0.25) is 0 Å². The van der Waals surface area contributed by atoms with Gasteiger partial charge in [0.15, 0.2) is 0 Å². The molecular formula is C25H37NO5. The maximum absolute atomic E-state index is 12.8. The molecule has 1 aromatic carbocycles. The molecule has 31 heavy (non-hydrogen) atoms. The number of hydrogen-bond acceptors (Lipinski definition) is 5. The zero-order chi connectivity index (χ0) is 22.4. The molecule has 6 heteroatoms. The van der Waals surface area contributed by atoms with E-state index in [0.717, 1.165) is 25.9 Å². The maximum Gasteiger partial charge on any atom is 0.408 e. The second-order valence-corrected chi connectivity index (χ2v) is 9.96. The molecule has 0 radical (unpaired) electrons. The summed E-state index contributed by atoms with van der Waals surface area (Å²) < 4.78 is 17.5. The van der Waals surface area contributed by atoms with E-state index in [2.05, 4.69) is 29.6 Å². The average molecular weight is 432 g/mol. The van der Waals surface area contributed by atoms with E-state index in [1.807, 2.05) is 13.0 Å². The summed E-state index contributed by atoms with van der Waals surface area (Å²) in [6.45, 7) is 8.02. The molecule has 1 N–H and O–H groups in total. The first-order valence-corrected chi connectivity index (χ1v) is 11.6. The van der Waals surface area contributed by atoms with Gasteiger partial charge >= 0.3 is 12.1 Å². The smallest absolute Gasteiger partial charge is 0.408 e. The fourth-order valence-corrected chi connectivity index (χ4v) is 4.10. The van der Waals surface area contributed by atoms with Gasteiger partial charge in [0, 0.05) is 6.61 Å². The van der Waals surface area contributed by atoms with Gasteiger partial charge in [-0.1, -0.05) is 36.8 Å². The Balaban J connectivity index is 1.70. The first-order chi connectivity index (χ1) is 14.7. The fraction of sp³-hybridized carbons (Fsp3) is 0.680. The van der Waals surface area contributed by atoms with Crippen molar-refractivity contribution in [2.75, 3.05) is 6.61 Å². The van der Waals surface area contributed by atoms with Crippen molar-refractivity contribution < 1.29 is 23.8 Å². The van der Waals surface area contributed by atoms with Crippen LogP contribution in [0.5, 0.6) is 0 Å². The SMILES string of the molecule is CC1OC(=O)C(NC(=O)OC(C)(C)C)CCCC(Cc2ccccc2)C1OCC1CC1. The topological polar surface area (TPSA) is 73.9 Å². The van der Waals surface area contributed by atoms with Gasteiger partial charge in [-0.05, 0) is 77.2 Å². The van der Waals surface area contributed by atoms with Crippen molar-refractivity contribution in [3.8, 4) is 0 Å². The predicted octanol–water partition coefficient (Wildman–Crippen LogP) is 4.65. The van der Waals surface area contributed by atoms with Gasteiger partial charge < -0.3 is 19.5 Å². The lowest BCUT2D eigenvalue weighted by atomic mass is 9.87. The second-order valence-electron chi connectivity index (χ2n) is 9.96. The predicted molar refractivity (Wildman–Crippen MR) is 119 cm³/mol. The van der Waals surface area contributed by atoms with Crippen LogP contribution in [0.15, 0.2) is 30.3 Å². The zero-order valence-corrected chi connectivity index (χ0v) is 19.3. The molecule has 0 aromatic heterocycles. The number of benzene rings is 1. The molecule has 6 nitrogen and oxygen atoms in total. The lowest BCUT2D eigenvalue weighted by Gasteiger charge is -2.31. The molecule has 1 aliphatic heterocycles. The highest BCUT2D eigenvalue weighted by atomic mass is 16.6. The standard InChI is InChI=1S/C25H37NO5/c1-17-22(29-16-19-13-14-19)20(15-18-9-6-5-7-10-18)11-8-12-21(23(27)30-17)26-24(28)31-25(2,3)4/h5-7,9-10,17,19-22H,8,11-16H2,1-4H3,(H,26,28). The van der Waals surface area contributed by atoms with Crippen molar-refractivity contribution in [3.05, 3.63) is 35.9 Å². The van der Waals surface area contributed by atoms with Gasteiger partial charge in [-0.25, -0.2) is 9.59 Å². The summed E-state index contributed by atoms with van der Waals surface area (Å²) in [5, 5.41) is 2.70. The summed E-state index contributed by atoms with van der Waals surface area (Å²) >= 11 is 0. The Kier molecular flexibility index (Phi) is 7.98. The minimum absolute atomic E-state index is 0.162. The van der Waals surface area contributed by atoms with Crippen LogP contribution in [0.1, 0.15) is 65.4 Å². The number of amides is 1. The third kappa shape index (κ3) is 7.84. The number of carbonyl (C=O) groups is 2. The fourth-order valence-electron chi connectivity index (χ4n) is 4.10. The highest BCUT2D eigenvalue weighted by Crippen LogP contribution is 2.32. The largest absolute Gasteiger partial charge is 0.458 e. The van der Waals surface area contributed by atoms with E-state index >= 15 is 0 Å². The number of esters is 1. The molecule has 2 fully saturated rings. The van der Waals surface area contributed by atoms with Crippen LogP contribution in [-0.4, -0.2) is 42.5 Å². The van der Waals surface area contributed by atoms with Crippen molar-refractivity contribution in [1.29, 1.82) is 0 Å². The van der Waals surface area contributed by atoms with Crippen LogP contribution in [-0.2, 0) is 25.4 Å². The summed E-state index contributed by atoms with van der Waals surface area (Å²) in [7, 11) is 0. The lowest BCUT2D eigenvalue weighted by molar-refractivity contribution is -0.161. The molecule has 0 spiro atoms. The first-order valence-electron chi connectivity index (χ1n) is 11.6. The Labute approximate surface area is 186 Å². The third-order valence-electron chi connectivity index (χ3n) is 5.83. The Morgan fingerprint density at radius 3 is 2.48 bits per heavy atom. The van der Waals surface area contributed by atoms with Crippen LogP contribution in [0.4, 0.5) is 4.79 Å². The van der Waals surface area contributed by atoms with E-state index < -0.39 is 23.7 Å². The number of rotatable bonds is 6. The molecule has 172 valence electrons. The van der Waals surface area contributed by atoms with E-state index in [-0.39, 0.29) is 18.1 Å². The Morgan fingerprint density at radius 2 is 1.84 bits per heavy atom. The molecule has 3 rings (SSSR count). The molecule has 0 bridgehead atoms. The van der Waals surface area contributed by atoms with E-state index in [9.17, 15) is 9.59 Å². The van der Waals surface area contributed by atoms with Crippen LogP contribution in [0.3, 0.4) is 0 Å². The van der Waals surface area contributed by atoms with Crippen LogP contribution in [0.2, 0.25) is 0 Å². The van der Waals surface area contributed by atoms with Crippen LogP contribution >= 0.6 is 0 Å². The van der Waals surface area contributed by atoms with E-state index in [1.165, 1.54) is 18.4 Å². The molecule has 1 amide bonds. The first kappa shape index (κ1) is 23.6. The highest BCUT2D eigenvalue weighted by molar-refractivity contribution is 5.81. The average Bonchev–Trinajstić information content (AvgIpc) is 3.50. The molecular weight excluding hydrogens is 394 g/mol. The van der Waals surface area contributed by atoms with E-state index in [1.54, 1.807) is 20.8 Å². The van der Waals surface area contributed by atoms with Crippen molar-refractivity contribution in [1.82, 2.24) is 5.32 Å². The molecule has 1 aliphatic carbocycles. The zero-order valence-electron chi connectivity index (χ0n) is 19.3. The lowest BCUT2D eigenvalue weighted by Crippen LogP contribution is -2.46. The summed E-state index contributed by atoms with van der Waals surface area (Å²) in [5.74, 6) is 0.456. The van der Waals surface area contributed by atoms with Crippen molar-refractivity contribution in [2.24, 2.45) is 11.8 Å². The van der Waals surface area contributed by atoms with Gasteiger partial charge in [-0.15, -0.1) is 0 Å². The van der Waals surface area contributed by atoms with Gasteiger partial charge in [0.05, 0.1) is 6.10 Å². The van der Waals surface area contributed by atoms with Crippen LogP contribution in [0.25, 0.3) is 0 Å². The summed E-state index contributed by atoms with van der Waals surface area (Å²) in [4.78, 5) is 25.1. The minimum atomic E-state index is -0.711. The summed E-state index contributed by atoms with van der Waals surface area (Å²) in [6.07, 6.45) is 4.38. The number of carbonyl (C=O) groups excluding carboxylic acids is 2. The quantitative estimate of drug-likeness (QED) is 0.664. The van der Waals surface area contributed by atoms with Gasteiger partial charge in [0.2, 0.25) is 0 Å². The van der Waals surface area contributed by atoms with E-state index in [0.29, 0.717) is 12.3 Å². The van der Waals surface area contributed by atoms with Crippen molar-refractivity contribution in [2.45, 2.75) is 90.1 Å². The molecule has 4 unspecified atom stereocenters. The van der Waals surface area contributed by atoms with Crippen molar-refractivity contribution >= 4 is 12.1 Å². The number of alkyl carbamates (subject to hydrolysis) is 1. The molecule has 1 saturated heterocycles. The number of cyclic esters (lactones) is 1. The third-order valence-corrected chi connectivity index (χ3v) is 5.83. The molecule has 1 heterocycles. The Hall–Kier alpha value is -2.08. The number of hydrogen-bond donors (Lipinski definition) is 1. The summed E-state index contributed by atoms with van der Waals surface area (Å²) in [6, 6.07) is 9.67. The van der Waals surface area contributed by atoms with E-state index in [4.69, 9.17) is 14.2 Å². The highest BCUT2D eigenvalue weighted by Gasteiger charge is 2.36. The van der Waals surface area contributed by atoms with Crippen molar-refractivity contribution in [3.63, 3.8) is 0 Å². The van der Waals surface area contributed by atoms with Gasteiger partial charge in [0.1, 0.15) is 17.7 Å². The van der Waals surface area contributed by atoms with Gasteiger partial charge in [0.25, 0.3) is 0 Å². The second kappa shape index (κ2) is 10.5. The summed E-state index contributed by atoms with van der Waals surface area (Å²) in [5.41, 5.74) is 0.635. The van der Waals surface area contributed by atoms with Crippen LogP contribution in [0, 0.1) is 11.8 Å². The molecule has 1 saturated carbocycles. The monoisotopic (exact) mass is 431 g/mol. The Bertz CT molecular complexity index is 725. The number of ether oxygens (including phenoxy) is 3. The Morgan fingerprint density at radius 1 is 1.13 bits per heavy atom. The van der Waals surface area contributed by atoms with Gasteiger partial charge in [-0.2, -0.15) is 0 Å². The molecule has 1 aromatic rings. The minimum Gasteiger partial charge on any atom is -0.458 e. The molecule has 4 atom stereocenters. The normalized spacial score (nSPS) is 27.4.